The van der Waals surface area contributed by atoms with Gasteiger partial charge in [-0.25, -0.2) is 18.4 Å². The maximum atomic E-state index is 13.6. The summed E-state index contributed by atoms with van der Waals surface area (Å²) in [6, 6.07) is 21.9. The molecule has 0 spiro atoms. The molecule has 1 aliphatic heterocycles. The summed E-state index contributed by atoms with van der Waals surface area (Å²) in [4.78, 5) is 21.2. The van der Waals surface area contributed by atoms with Crippen LogP contribution >= 0.6 is 23.4 Å². The number of para-hydroxylation sites is 1. The molecular formula is C26H21ClN4O3S2. The van der Waals surface area contributed by atoms with Crippen LogP contribution in [0.1, 0.15) is 11.1 Å². The Morgan fingerprint density at radius 1 is 1.03 bits per heavy atom. The fraction of sp³-hybridized carbons (Fsp3) is 0.115. The second-order valence-electron chi connectivity index (χ2n) is 8.22. The van der Waals surface area contributed by atoms with Crippen LogP contribution in [0.3, 0.4) is 0 Å². The molecule has 0 bridgehead atoms. The van der Waals surface area contributed by atoms with Crippen molar-refractivity contribution in [3.8, 4) is 11.3 Å². The van der Waals surface area contributed by atoms with Crippen molar-refractivity contribution in [2.24, 2.45) is 0 Å². The first-order chi connectivity index (χ1) is 17.3. The summed E-state index contributed by atoms with van der Waals surface area (Å²) in [6.07, 6.45) is 1.33. The third-order valence-corrected chi connectivity index (χ3v) is 8.51. The number of aryl methyl sites for hydroxylation is 1. The number of nitrogens with one attached hydrogen (secondary N) is 1. The van der Waals surface area contributed by atoms with Crippen molar-refractivity contribution in [1.29, 1.82) is 0 Å². The van der Waals surface area contributed by atoms with Crippen LogP contribution in [0.5, 0.6) is 0 Å². The number of rotatable bonds is 6. The smallest absolute Gasteiger partial charge is 0.268 e. The molecule has 1 amide bonds. The second kappa shape index (κ2) is 9.93. The van der Waals surface area contributed by atoms with E-state index in [0.29, 0.717) is 32.8 Å². The van der Waals surface area contributed by atoms with Crippen molar-refractivity contribution in [2.45, 2.75) is 23.5 Å². The molecule has 0 radical (unpaired) electrons. The first-order valence-corrected chi connectivity index (χ1v) is 13.8. The summed E-state index contributed by atoms with van der Waals surface area (Å²) in [5.74, 6) is -0.170. The molecule has 4 aromatic rings. The van der Waals surface area contributed by atoms with Gasteiger partial charge in [-0.3, -0.25) is 9.10 Å². The SMILES string of the molecule is Cc1ccc(CN2c3ccccc3-c3nc(SCC(=O)Nc4ccc(Cl)cc4)ncc3S2(=O)=O)cc1. The van der Waals surface area contributed by atoms with Gasteiger partial charge >= 0.3 is 0 Å². The van der Waals surface area contributed by atoms with E-state index >= 15 is 0 Å². The number of thioether (sulfide) groups is 1. The fourth-order valence-electron chi connectivity index (χ4n) is 3.84. The lowest BCUT2D eigenvalue weighted by Gasteiger charge is -2.31. The minimum Gasteiger partial charge on any atom is -0.325 e. The Balaban J connectivity index is 1.40. The summed E-state index contributed by atoms with van der Waals surface area (Å²) < 4.78 is 28.6. The number of halogens is 1. The number of sulfonamides is 1. The highest BCUT2D eigenvalue weighted by molar-refractivity contribution is 7.99. The summed E-state index contributed by atoms with van der Waals surface area (Å²) >= 11 is 7.01. The van der Waals surface area contributed by atoms with E-state index in [1.165, 1.54) is 10.5 Å². The molecule has 10 heteroatoms. The van der Waals surface area contributed by atoms with Gasteiger partial charge in [0.25, 0.3) is 10.0 Å². The molecule has 0 atom stereocenters. The molecule has 1 N–H and O–H groups in total. The van der Waals surface area contributed by atoms with Crippen LogP contribution in [-0.2, 0) is 21.4 Å². The predicted molar refractivity (Wildman–Crippen MR) is 143 cm³/mol. The molecule has 182 valence electrons. The molecule has 2 heterocycles. The monoisotopic (exact) mass is 536 g/mol. The molecule has 0 fully saturated rings. The minimum atomic E-state index is -3.89. The largest absolute Gasteiger partial charge is 0.325 e. The van der Waals surface area contributed by atoms with E-state index in [2.05, 4.69) is 15.3 Å². The number of fused-ring (bicyclic) bond motifs is 3. The van der Waals surface area contributed by atoms with Gasteiger partial charge in [0.05, 0.1) is 29.9 Å². The van der Waals surface area contributed by atoms with Gasteiger partial charge in [-0.15, -0.1) is 0 Å². The Morgan fingerprint density at radius 3 is 2.50 bits per heavy atom. The highest BCUT2D eigenvalue weighted by atomic mass is 35.5. The number of hydrogen-bond acceptors (Lipinski definition) is 6. The number of hydrogen-bond donors (Lipinski definition) is 1. The van der Waals surface area contributed by atoms with Crippen LogP contribution in [0.2, 0.25) is 5.02 Å². The Labute approximate surface area is 218 Å². The lowest BCUT2D eigenvalue weighted by molar-refractivity contribution is -0.113. The third kappa shape index (κ3) is 4.95. The Kier molecular flexibility index (Phi) is 6.70. The molecule has 7 nitrogen and oxygen atoms in total. The fourth-order valence-corrected chi connectivity index (χ4v) is 6.14. The zero-order valence-electron chi connectivity index (χ0n) is 19.2. The zero-order chi connectivity index (χ0) is 25.3. The number of benzene rings is 3. The summed E-state index contributed by atoms with van der Waals surface area (Å²) in [7, 11) is -3.89. The third-order valence-electron chi connectivity index (χ3n) is 5.64. The average molecular weight is 537 g/mol. The van der Waals surface area contributed by atoms with Gasteiger partial charge in [-0.2, -0.15) is 0 Å². The van der Waals surface area contributed by atoms with Crippen molar-refractivity contribution in [1.82, 2.24) is 9.97 Å². The standard InChI is InChI=1S/C26H21ClN4O3S2/c1-17-6-8-18(9-7-17)15-31-22-5-3-2-4-21(22)25-23(36(31,33)34)14-28-26(30-25)35-16-24(32)29-20-12-10-19(27)11-13-20/h2-14H,15-16H2,1H3,(H,29,32). The maximum Gasteiger partial charge on any atom is 0.268 e. The van der Waals surface area contributed by atoms with Gasteiger partial charge in [-0.05, 0) is 42.8 Å². The van der Waals surface area contributed by atoms with Gasteiger partial charge in [-0.1, -0.05) is 71.4 Å². The van der Waals surface area contributed by atoms with Gasteiger partial charge in [0.1, 0.15) is 4.90 Å². The van der Waals surface area contributed by atoms with Crippen LogP contribution in [-0.4, -0.2) is 30.0 Å². The molecule has 0 saturated carbocycles. The lowest BCUT2D eigenvalue weighted by atomic mass is 10.1. The van der Waals surface area contributed by atoms with E-state index in [4.69, 9.17) is 11.6 Å². The number of aromatic nitrogens is 2. The molecule has 0 saturated heterocycles. The van der Waals surface area contributed by atoms with Crippen molar-refractivity contribution in [3.05, 3.63) is 95.1 Å². The maximum absolute atomic E-state index is 13.6. The number of nitrogens with zero attached hydrogens (tertiary/aromatic N) is 3. The summed E-state index contributed by atoms with van der Waals surface area (Å²) in [5.41, 5.74) is 4.20. The van der Waals surface area contributed by atoms with Crippen LogP contribution < -0.4 is 9.62 Å². The van der Waals surface area contributed by atoms with E-state index in [9.17, 15) is 13.2 Å². The van der Waals surface area contributed by atoms with E-state index in [-0.39, 0.29) is 23.1 Å². The Hall–Kier alpha value is -3.40. The predicted octanol–water partition coefficient (Wildman–Crippen LogP) is 5.55. The van der Waals surface area contributed by atoms with Crippen LogP contribution in [0, 0.1) is 6.92 Å². The molecule has 0 aliphatic carbocycles. The van der Waals surface area contributed by atoms with Crippen LogP contribution in [0.15, 0.2) is 89.0 Å². The summed E-state index contributed by atoms with van der Waals surface area (Å²) in [5, 5.41) is 3.68. The highest BCUT2D eigenvalue weighted by Gasteiger charge is 2.36. The first kappa shape index (κ1) is 24.3. The quantitative estimate of drug-likeness (QED) is 0.257. The lowest BCUT2D eigenvalue weighted by Crippen LogP contribution is -2.34. The number of carbonyl (C=O) groups excluding carboxylic acids is 1. The number of carbonyl (C=O) groups is 1. The molecule has 3 aromatic carbocycles. The summed E-state index contributed by atoms with van der Waals surface area (Å²) in [6.45, 7) is 2.18. The topological polar surface area (TPSA) is 92.3 Å². The van der Waals surface area contributed by atoms with Crippen molar-refractivity contribution in [2.75, 3.05) is 15.4 Å². The van der Waals surface area contributed by atoms with Crippen molar-refractivity contribution < 1.29 is 13.2 Å². The van der Waals surface area contributed by atoms with Crippen LogP contribution in [0.4, 0.5) is 11.4 Å². The number of amides is 1. The van der Waals surface area contributed by atoms with E-state index in [1.807, 2.05) is 43.3 Å². The Morgan fingerprint density at radius 2 is 1.75 bits per heavy atom. The van der Waals surface area contributed by atoms with Gasteiger partial charge < -0.3 is 5.32 Å². The van der Waals surface area contributed by atoms with Gasteiger partial charge in [0, 0.05) is 16.3 Å². The first-order valence-electron chi connectivity index (χ1n) is 11.0. The van der Waals surface area contributed by atoms with E-state index < -0.39 is 10.0 Å². The van der Waals surface area contributed by atoms with Gasteiger partial charge in [0.2, 0.25) is 5.91 Å². The molecule has 0 unspecified atom stereocenters. The van der Waals surface area contributed by atoms with Crippen molar-refractivity contribution >= 4 is 50.7 Å². The minimum absolute atomic E-state index is 0.0447. The van der Waals surface area contributed by atoms with Crippen LogP contribution in [0.25, 0.3) is 11.3 Å². The van der Waals surface area contributed by atoms with E-state index in [1.54, 1.807) is 36.4 Å². The molecule has 1 aromatic heterocycles. The second-order valence-corrected chi connectivity index (χ2v) is 11.4. The molecule has 36 heavy (non-hydrogen) atoms. The normalized spacial score (nSPS) is 13.6. The number of anilines is 2. The van der Waals surface area contributed by atoms with E-state index in [0.717, 1.165) is 22.9 Å². The molecular weight excluding hydrogens is 516 g/mol. The highest BCUT2D eigenvalue weighted by Crippen LogP contribution is 2.42. The van der Waals surface area contributed by atoms with Crippen molar-refractivity contribution in [3.63, 3.8) is 0 Å². The van der Waals surface area contributed by atoms with Gasteiger partial charge in [0.15, 0.2) is 5.16 Å². The zero-order valence-corrected chi connectivity index (χ0v) is 21.6. The molecule has 5 rings (SSSR count). The Bertz CT molecular complexity index is 1540. The average Bonchev–Trinajstić information content (AvgIpc) is 2.88. The molecule has 1 aliphatic rings.